The van der Waals surface area contributed by atoms with Crippen LogP contribution in [-0.2, 0) is 9.59 Å². The number of rotatable bonds is 7. The molecule has 0 aliphatic carbocycles. The molecule has 5 nitrogen and oxygen atoms in total. The first-order valence-electron chi connectivity index (χ1n) is 9.79. The van der Waals surface area contributed by atoms with E-state index in [4.69, 9.17) is 11.6 Å². The Morgan fingerprint density at radius 3 is 2.24 bits per heavy atom. The van der Waals surface area contributed by atoms with E-state index >= 15 is 0 Å². The smallest absolute Gasteiger partial charge is 0.295 e. The highest BCUT2D eigenvalue weighted by molar-refractivity contribution is 6.46. The van der Waals surface area contributed by atoms with E-state index in [1.165, 1.54) is 0 Å². The number of carbonyl (C=O) groups is 2. The van der Waals surface area contributed by atoms with Gasteiger partial charge in [0.1, 0.15) is 5.76 Å². The van der Waals surface area contributed by atoms with Crippen LogP contribution in [0.5, 0.6) is 0 Å². The lowest BCUT2D eigenvalue weighted by molar-refractivity contribution is -0.140. The molecule has 0 spiro atoms. The third-order valence-electron chi connectivity index (χ3n) is 5.32. The van der Waals surface area contributed by atoms with Crippen LogP contribution in [0.15, 0.2) is 60.2 Å². The summed E-state index contributed by atoms with van der Waals surface area (Å²) in [4.78, 5) is 29.5. The standard InChI is InChI=1S/C23H25ClN2O3/c1-3-25(4-2)14-15-26-20(16-10-12-18(24)13-11-16)19(22(28)23(26)29)21(27)17-8-6-5-7-9-17/h5-13,20,27H,3-4,14-15H2,1-2H3/b21-19+/t20-/m1/s1. The van der Waals surface area contributed by atoms with Gasteiger partial charge in [-0.05, 0) is 30.8 Å². The number of likely N-dealkylation sites (tertiary alicyclic amines) is 1. The van der Waals surface area contributed by atoms with E-state index in [1.807, 2.05) is 6.07 Å². The molecule has 1 N–H and O–H groups in total. The van der Waals surface area contributed by atoms with Crippen molar-refractivity contribution in [3.63, 3.8) is 0 Å². The molecule has 1 atom stereocenters. The van der Waals surface area contributed by atoms with Crippen molar-refractivity contribution >= 4 is 29.1 Å². The van der Waals surface area contributed by atoms with Crippen molar-refractivity contribution in [1.82, 2.24) is 9.80 Å². The zero-order valence-electron chi connectivity index (χ0n) is 16.6. The number of carbonyl (C=O) groups excluding carboxylic acids is 2. The Kier molecular flexibility index (Phi) is 6.72. The van der Waals surface area contributed by atoms with Crippen molar-refractivity contribution in [2.45, 2.75) is 19.9 Å². The zero-order chi connectivity index (χ0) is 21.0. The molecule has 1 amide bonds. The van der Waals surface area contributed by atoms with Crippen LogP contribution < -0.4 is 0 Å². The molecular weight excluding hydrogens is 388 g/mol. The Hall–Kier alpha value is -2.63. The first-order chi connectivity index (χ1) is 14.0. The SMILES string of the molecule is CCN(CC)CCN1C(=O)C(=O)/C(=C(/O)c2ccccc2)[C@H]1c1ccc(Cl)cc1. The number of likely N-dealkylation sites (N-methyl/N-ethyl adjacent to an activating group) is 1. The first-order valence-corrected chi connectivity index (χ1v) is 10.2. The molecule has 3 rings (SSSR count). The van der Waals surface area contributed by atoms with Gasteiger partial charge in [0, 0.05) is 23.7 Å². The summed E-state index contributed by atoms with van der Waals surface area (Å²) in [5.41, 5.74) is 1.36. The fraction of sp³-hybridized carbons (Fsp3) is 0.304. The van der Waals surface area contributed by atoms with Crippen molar-refractivity contribution in [3.8, 4) is 0 Å². The number of hydrogen-bond acceptors (Lipinski definition) is 4. The van der Waals surface area contributed by atoms with Gasteiger partial charge in [0.15, 0.2) is 0 Å². The minimum atomic E-state index is -0.661. The highest BCUT2D eigenvalue weighted by atomic mass is 35.5. The van der Waals surface area contributed by atoms with Gasteiger partial charge in [-0.15, -0.1) is 0 Å². The molecule has 1 saturated heterocycles. The van der Waals surface area contributed by atoms with Gasteiger partial charge in [-0.1, -0.05) is 67.9 Å². The molecule has 0 unspecified atom stereocenters. The Bertz CT molecular complexity index is 905. The molecule has 1 aliphatic heterocycles. The van der Waals surface area contributed by atoms with Crippen molar-refractivity contribution in [1.29, 1.82) is 0 Å². The van der Waals surface area contributed by atoms with Crippen LogP contribution in [0, 0.1) is 0 Å². The van der Waals surface area contributed by atoms with Crippen molar-refractivity contribution in [2.24, 2.45) is 0 Å². The van der Waals surface area contributed by atoms with E-state index in [2.05, 4.69) is 18.7 Å². The number of halogens is 1. The summed E-state index contributed by atoms with van der Waals surface area (Å²) in [5.74, 6) is -1.41. The molecule has 29 heavy (non-hydrogen) atoms. The van der Waals surface area contributed by atoms with Gasteiger partial charge in [0.05, 0.1) is 11.6 Å². The highest BCUT2D eigenvalue weighted by Gasteiger charge is 2.45. The van der Waals surface area contributed by atoms with E-state index < -0.39 is 17.7 Å². The number of aliphatic hydroxyl groups is 1. The van der Waals surface area contributed by atoms with E-state index in [1.54, 1.807) is 53.4 Å². The minimum Gasteiger partial charge on any atom is -0.507 e. The quantitative estimate of drug-likeness (QED) is 0.422. The topological polar surface area (TPSA) is 60.9 Å². The van der Waals surface area contributed by atoms with Gasteiger partial charge in [0.25, 0.3) is 11.7 Å². The van der Waals surface area contributed by atoms with Gasteiger partial charge in [-0.25, -0.2) is 0 Å². The second kappa shape index (κ2) is 9.25. The normalized spacial score (nSPS) is 18.6. The van der Waals surface area contributed by atoms with Crippen molar-refractivity contribution in [2.75, 3.05) is 26.2 Å². The summed E-state index contributed by atoms with van der Waals surface area (Å²) in [5, 5.41) is 11.5. The fourth-order valence-corrected chi connectivity index (χ4v) is 3.77. The van der Waals surface area contributed by atoms with E-state index in [0.717, 1.165) is 18.7 Å². The maximum atomic E-state index is 12.9. The summed E-state index contributed by atoms with van der Waals surface area (Å²) in [7, 11) is 0. The number of Topliss-reactive ketones (excluding diaryl/α,β-unsaturated/α-hetero) is 1. The maximum absolute atomic E-state index is 12.9. The van der Waals surface area contributed by atoms with Crippen LogP contribution in [0.4, 0.5) is 0 Å². The van der Waals surface area contributed by atoms with Crippen LogP contribution >= 0.6 is 11.6 Å². The third-order valence-corrected chi connectivity index (χ3v) is 5.58. The summed E-state index contributed by atoms with van der Waals surface area (Å²) in [6.45, 7) is 6.88. The van der Waals surface area contributed by atoms with Crippen molar-refractivity contribution in [3.05, 3.63) is 76.3 Å². The Morgan fingerprint density at radius 2 is 1.66 bits per heavy atom. The molecule has 2 aromatic rings. The van der Waals surface area contributed by atoms with Gasteiger partial charge in [-0.3, -0.25) is 9.59 Å². The second-order valence-electron chi connectivity index (χ2n) is 6.94. The number of amides is 1. The summed E-state index contributed by atoms with van der Waals surface area (Å²) < 4.78 is 0. The van der Waals surface area contributed by atoms with Crippen LogP contribution in [0.1, 0.15) is 31.0 Å². The number of benzene rings is 2. The average molecular weight is 413 g/mol. The predicted molar refractivity (Wildman–Crippen MR) is 115 cm³/mol. The van der Waals surface area contributed by atoms with E-state index in [-0.39, 0.29) is 11.3 Å². The first kappa shape index (κ1) is 21.1. The second-order valence-corrected chi connectivity index (χ2v) is 7.37. The Morgan fingerprint density at radius 1 is 1.03 bits per heavy atom. The van der Waals surface area contributed by atoms with Gasteiger partial charge in [0.2, 0.25) is 0 Å². The zero-order valence-corrected chi connectivity index (χ0v) is 17.4. The van der Waals surface area contributed by atoms with Gasteiger partial charge in [-0.2, -0.15) is 0 Å². The van der Waals surface area contributed by atoms with Crippen LogP contribution in [0.2, 0.25) is 5.02 Å². The number of hydrogen-bond donors (Lipinski definition) is 1. The number of aliphatic hydroxyl groups excluding tert-OH is 1. The Balaban J connectivity index is 2.07. The lowest BCUT2D eigenvalue weighted by atomic mass is 9.95. The minimum absolute atomic E-state index is 0.114. The molecule has 1 fully saturated rings. The van der Waals surface area contributed by atoms with Gasteiger partial charge >= 0.3 is 0 Å². The summed E-state index contributed by atoms with van der Waals surface area (Å²) >= 11 is 6.03. The maximum Gasteiger partial charge on any atom is 0.295 e. The van der Waals surface area contributed by atoms with Crippen LogP contribution in [0.3, 0.4) is 0 Å². The molecule has 2 aromatic carbocycles. The van der Waals surface area contributed by atoms with Gasteiger partial charge < -0.3 is 14.9 Å². The molecular formula is C23H25ClN2O3. The van der Waals surface area contributed by atoms with Crippen LogP contribution in [0.25, 0.3) is 5.76 Å². The monoisotopic (exact) mass is 412 g/mol. The predicted octanol–water partition coefficient (Wildman–Crippen LogP) is 4.10. The molecule has 0 radical (unpaired) electrons. The van der Waals surface area contributed by atoms with Crippen LogP contribution in [-0.4, -0.2) is 52.8 Å². The molecule has 1 aliphatic rings. The summed E-state index contributed by atoms with van der Waals surface area (Å²) in [6, 6.07) is 15.2. The number of ketones is 1. The largest absolute Gasteiger partial charge is 0.507 e. The molecule has 0 aromatic heterocycles. The summed E-state index contributed by atoms with van der Waals surface area (Å²) in [6.07, 6.45) is 0. The third kappa shape index (κ3) is 4.36. The van der Waals surface area contributed by atoms with E-state index in [0.29, 0.717) is 23.7 Å². The van der Waals surface area contributed by atoms with E-state index in [9.17, 15) is 14.7 Å². The molecule has 0 bridgehead atoms. The molecule has 6 heteroatoms. The number of nitrogens with zero attached hydrogens (tertiary/aromatic N) is 2. The fourth-order valence-electron chi connectivity index (χ4n) is 3.64. The Labute approximate surface area is 176 Å². The lowest BCUT2D eigenvalue weighted by Crippen LogP contribution is -2.38. The van der Waals surface area contributed by atoms with Crippen molar-refractivity contribution < 1.29 is 14.7 Å². The molecule has 1 heterocycles. The lowest BCUT2D eigenvalue weighted by Gasteiger charge is -2.28. The molecule has 0 saturated carbocycles. The molecule has 152 valence electrons. The average Bonchev–Trinajstić information content (AvgIpc) is 3.00. The highest BCUT2D eigenvalue weighted by Crippen LogP contribution is 2.39.